The second-order valence-corrected chi connectivity index (χ2v) is 13.8. The van der Waals surface area contributed by atoms with Crippen LogP contribution in [0.3, 0.4) is 0 Å². The van der Waals surface area contributed by atoms with Crippen LogP contribution in [-0.2, 0) is 0 Å². The molecular weight excluding hydrogens is 328 g/mol. The van der Waals surface area contributed by atoms with E-state index in [1.165, 1.54) is 29.5 Å². The summed E-state index contributed by atoms with van der Waals surface area (Å²) in [5, 5.41) is 1.67. The Morgan fingerprint density at radius 2 is 1.65 bits per heavy atom. The van der Waals surface area contributed by atoms with Crippen LogP contribution in [0, 0.1) is 5.92 Å². The van der Waals surface area contributed by atoms with Crippen molar-refractivity contribution in [2.24, 2.45) is 5.92 Å². The van der Waals surface area contributed by atoms with E-state index in [0.717, 1.165) is 0 Å². The minimum atomic E-state index is -1.53. The highest BCUT2D eigenvalue weighted by Crippen LogP contribution is 2.53. The molecule has 0 saturated heterocycles. The Morgan fingerprint density at radius 3 is 2.27 bits per heavy atom. The van der Waals surface area contributed by atoms with Crippen molar-refractivity contribution in [1.29, 1.82) is 0 Å². The average molecular weight is 361 g/mol. The van der Waals surface area contributed by atoms with Gasteiger partial charge in [0, 0.05) is 5.54 Å². The summed E-state index contributed by atoms with van der Waals surface area (Å²) in [6, 6.07) is 14.3. The molecule has 0 amide bonds. The Morgan fingerprint density at radius 1 is 0.962 bits per heavy atom. The Kier molecular flexibility index (Phi) is 4.26. The van der Waals surface area contributed by atoms with Gasteiger partial charge in [-0.2, -0.15) is 0 Å². The second kappa shape index (κ2) is 6.23. The van der Waals surface area contributed by atoms with Crippen molar-refractivity contribution in [1.82, 2.24) is 0 Å². The summed E-state index contributed by atoms with van der Waals surface area (Å²) in [6.45, 7) is 14.5. The highest BCUT2D eigenvalue weighted by molar-refractivity contribution is 6.94. The summed E-state index contributed by atoms with van der Waals surface area (Å²) >= 11 is 0. The summed E-state index contributed by atoms with van der Waals surface area (Å²) in [6.07, 6.45) is 5.13. The van der Waals surface area contributed by atoms with Crippen LogP contribution < -0.4 is 5.19 Å². The van der Waals surface area contributed by atoms with Gasteiger partial charge in [-0.05, 0) is 46.1 Å². The molecule has 2 bridgehead atoms. The smallest absolute Gasteiger partial charge is 0.0654 e. The lowest BCUT2D eigenvalue weighted by Crippen LogP contribution is -2.44. The Hall–Kier alpha value is -1.60. The van der Waals surface area contributed by atoms with E-state index in [9.17, 15) is 0 Å². The van der Waals surface area contributed by atoms with Crippen LogP contribution >= 0.6 is 0 Å². The van der Waals surface area contributed by atoms with Crippen LogP contribution in [0.5, 0.6) is 0 Å². The molecule has 0 saturated carbocycles. The molecule has 0 fully saturated rings. The van der Waals surface area contributed by atoms with Gasteiger partial charge in [-0.25, -0.2) is 0 Å². The van der Waals surface area contributed by atoms with E-state index in [0.29, 0.717) is 17.4 Å². The predicted molar refractivity (Wildman–Crippen MR) is 118 cm³/mol. The van der Waals surface area contributed by atoms with E-state index in [1.54, 1.807) is 21.9 Å². The van der Waals surface area contributed by atoms with Gasteiger partial charge in [-0.1, -0.05) is 100 Å². The van der Waals surface area contributed by atoms with Crippen molar-refractivity contribution < 1.29 is 0 Å². The maximum Gasteiger partial charge on any atom is 0.0931 e. The molecule has 4 rings (SSSR count). The summed E-state index contributed by atoms with van der Waals surface area (Å²) in [4.78, 5) is 0. The van der Waals surface area contributed by atoms with Crippen LogP contribution in [0.1, 0.15) is 68.7 Å². The fraction of sp³-hybridized carbons (Fsp3) is 0.440. The third kappa shape index (κ3) is 2.47. The zero-order chi connectivity index (χ0) is 18.6. The molecule has 1 heteroatoms. The SMILES string of the molecule is CCCC(C)C1=Cc2ccc3c(-c4ccc(C(C)C)cc4)c2C1[Si]3(C)C. The van der Waals surface area contributed by atoms with Crippen molar-refractivity contribution in [3.63, 3.8) is 0 Å². The number of benzene rings is 2. The van der Waals surface area contributed by atoms with Gasteiger partial charge in [-0.3, -0.25) is 0 Å². The van der Waals surface area contributed by atoms with Gasteiger partial charge >= 0.3 is 0 Å². The lowest BCUT2D eigenvalue weighted by molar-refractivity contribution is 0.590. The van der Waals surface area contributed by atoms with Gasteiger partial charge in [0.25, 0.3) is 0 Å². The average Bonchev–Trinajstić information content (AvgIpc) is 3.07. The molecule has 0 radical (unpaired) electrons. The Labute approximate surface area is 160 Å². The van der Waals surface area contributed by atoms with Crippen LogP contribution in [-0.4, -0.2) is 8.07 Å². The molecule has 1 aliphatic carbocycles. The van der Waals surface area contributed by atoms with E-state index in [4.69, 9.17) is 0 Å². The zero-order valence-electron chi connectivity index (χ0n) is 17.2. The fourth-order valence-corrected chi connectivity index (χ4v) is 9.33. The summed E-state index contributed by atoms with van der Waals surface area (Å²) in [5.74, 6) is 1.30. The molecule has 2 unspecified atom stereocenters. The molecule has 2 aromatic rings. The zero-order valence-corrected chi connectivity index (χ0v) is 18.2. The number of hydrogen-bond acceptors (Lipinski definition) is 0. The summed E-state index contributed by atoms with van der Waals surface area (Å²) in [7, 11) is -1.53. The van der Waals surface area contributed by atoms with Crippen molar-refractivity contribution in [2.45, 2.75) is 65.1 Å². The molecule has 2 aromatic carbocycles. The Balaban J connectivity index is 1.84. The quantitative estimate of drug-likeness (QED) is 0.511. The third-order valence-corrected chi connectivity index (χ3v) is 10.7. The van der Waals surface area contributed by atoms with Gasteiger partial charge in [0.2, 0.25) is 0 Å². The molecule has 136 valence electrons. The first-order chi connectivity index (χ1) is 12.4. The maximum absolute atomic E-state index is 2.59. The minimum Gasteiger partial charge on any atom is -0.0654 e. The van der Waals surface area contributed by atoms with E-state index < -0.39 is 8.07 Å². The normalized spacial score (nSPS) is 20.6. The number of fused-ring (bicyclic) bond motifs is 1. The molecule has 0 N–H and O–H groups in total. The van der Waals surface area contributed by atoms with Crippen LogP contribution in [0.2, 0.25) is 13.1 Å². The van der Waals surface area contributed by atoms with Crippen molar-refractivity contribution in [3.8, 4) is 11.1 Å². The molecule has 0 nitrogen and oxygen atoms in total. The first-order valence-electron chi connectivity index (χ1n) is 10.4. The van der Waals surface area contributed by atoms with Gasteiger partial charge in [-0.15, -0.1) is 0 Å². The predicted octanol–water partition coefficient (Wildman–Crippen LogP) is 6.86. The second-order valence-electron chi connectivity index (χ2n) is 9.26. The highest BCUT2D eigenvalue weighted by Gasteiger charge is 2.49. The molecule has 0 spiro atoms. The van der Waals surface area contributed by atoms with Crippen LogP contribution in [0.15, 0.2) is 42.0 Å². The standard InChI is InChI=1S/C25H32Si/c1-7-8-17(4)21-15-20-13-14-22-23(24(20)25(21)26(22,5)6)19-11-9-18(10-12-19)16(2)3/h9-17,25H,7-8H2,1-6H3. The molecule has 26 heavy (non-hydrogen) atoms. The van der Waals surface area contributed by atoms with E-state index in [1.807, 2.05) is 0 Å². The van der Waals surface area contributed by atoms with E-state index >= 15 is 0 Å². The highest BCUT2D eigenvalue weighted by atomic mass is 28.3. The topological polar surface area (TPSA) is 0 Å². The molecular formula is C25H32Si. The van der Waals surface area contributed by atoms with Crippen molar-refractivity contribution in [2.75, 3.05) is 0 Å². The third-order valence-electron chi connectivity index (χ3n) is 6.80. The van der Waals surface area contributed by atoms with Gasteiger partial charge in [0.05, 0.1) is 8.07 Å². The maximum atomic E-state index is 2.59. The minimum absolute atomic E-state index is 0.594. The first kappa shape index (κ1) is 17.8. The van der Waals surface area contributed by atoms with Gasteiger partial charge in [0.15, 0.2) is 0 Å². The number of hydrogen-bond donors (Lipinski definition) is 0. The lowest BCUT2D eigenvalue weighted by atomic mass is 9.91. The monoisotopic (exact) mass is 360 g/mol. The molecule has 0 aromatic heterocycles. The van der Waals surface area contributed by atoms with E-state index in [2.05, 4.69) is 83.3 Å². The van der Waals surface area contributed by atoms with Crippen molar-refractivity contribution >= 4 is 19.3 Å². The molecule has 1 heterocycles. The molecule has 2 atom stereocenters. The van der Waals surface area contributed by atoms with Crippen molar-refractivity contribution in [3.05, 3.63) is 58.7 Å². The molecule has 1 aliphatic heterocycles. The van der Waals surface area contributed by atoms with Crippen LogP contribution in [0.4, 0.5) is 0 Å². The summed E-state index contributed by atoms with van der Waals surface area (Å²) in [5.41, 5.74) is 10.0. The first-order valence-corrected chi connectivity index (χ1v) is 13.4. The molecule has 2 aliphatic rings. The summed E-state index contributed by atoms with van der Waals surface area (Å²) < 4.78 is 0. The number of allylic oxidation sites excluding steroid dienone is 1. The lowest BCUT2D eigenvalue weighted by Gasteiger charge is -2.30. The van der Waals surface area contributed by atoms with Gasteiger partial charge in [0.1, 0.15) is 0 Å². The van der Waals surface area contributed by atoms with E-state index in [-0.39, 0.29) is 0 Å². The fourth-order valence-electron chi connectivity index (χ4n) is 5.34. The largest absolute Gasteiger partial charge is 0.0931 e. The number of rotatable bonds is 5. The van der Waals surface area contributed by atoms with Crippen LogP contribution in [0.25, 0.3) is 17.2 Å². The Bertz CT molecular complexity index is 868. The van der Waals surface area contributed by atoms with Gasteiger partial charge < -0.3 is 0 Å².